The van der Waals surface area contributed by atoms with Crippen molar-refractivity contribution in [2.75, 3.05) is 0 Å². The summed E-state index contributed by atoms with van der Waals surface area (Å²) in [6.07, 6.45) is -3.76. The van der Waals surface area contributed by atoms with Crippen LogP contribution in [-0.2, 0) is 39.9 Å². The SMILES string of the molecule is O=C1CCC(N2Cc3cc(CCC(=O)Cc4ccc(Cl)c(C(F)(F)F)c4)ccc3C2=O)C(=O)C1. The number of nitrogens with zero attached hydrogens (tertiary/aromatic N) is 1. The van der Waals surface area contributed by atoms with Crippen LogP contribution in [0.15, 0.2) is 36.4 Å². The van der Waals surface area contributed by atoms with Gasteiger partial charge in [0.15, 0.2) is 5.78 Å². The van der Waals surface area contributed by atoms with Crippen LogP contribution < -0.4 is 0 Å². The van der Waals surface area contributed by atoms with Crippen LogP contribution >= 0.6 is 11.6 Å². The molecule has 1 amide bonds. The summed E-state index contributed by atoms with van der Waals surface area (Å²) in [4.78, 5) is 50.4. The quantitative estimate of drug-likeness (QED) is 0.547. The van der Waals surface area contributed by atoms with E-state index in [-0.39, 0.29) is 61.0 Å². The zero-order valence-corrected chi connectivity index (χ0v) is 18.8. The minimum absolute atomic E-state index is 0.106. The molecule has 0 aromatic heterocycles. The molecular formula is C25H21ClF3NO4. The lowest BCUT2D eigenvalue weighted by Gasteiger charge is -2.29. The van der Waals surface area contributed by atoms with Crippen molar-refractivity contribution in [3.8, 4) is 0 Å². The van der Waals surface area contributed by atoms with Crippen molar-refractivity contribution in [2.45, 2.75) is 57.3 Å². The van der Waals surface area contributed by atoms with Crippen LogP contribution in [0.3, 0.4) is 0 Å². The lowest BCUT2D eigenvalue weighted by atomic mass is 9.92. The first-order chi connectivity index (χ1) is 16.0. The Balaban J connectivity index is 1.38. The lowest BCUT2D eigenvalue weighted by molar-refractivity contribution is -0.137. The number of ketones is 3. The van der Waals surface area contributed by atoms with Gasteiger partial charge in [0.1, 0.15) is 11.6 Å². The van der Waals surface area contributed by atoms with Crippen LogP contribution in [0.2, 0.25) is 5.02 Å². The molecular weight excluding hydrogens is 471 g/mol. The minimum Gasteiger partial charge on any atom is -0.324 e. The highest BCUT2D eigenvalue weighted by molar-refractivity contribution is 6.31. The predicted molar refractivity (Wildman–Crippen MR) is 117 cm³/mol. The van der Waals surface area contributed by atoms with Gasteiger partial charge in [-0.15, -0.1) is 0 Å². The molecule has 1 aliphatic carbocycles. The first-order valence-corrected chi connectivity index (χ1v) is 11.2. The minimum atomic E-state index is -4.59. The van der Waals surface area contributed by atoms with E-state index in [1.54, 1.807) is 12.1 Å². The fourth-order valence-electron chi connectivity index (χ4n) is 4.49. The van der Waals surface area contributed by atoms with Crippen molar-refractivity contribution in [1.29, 1.82) is 0 Å². The highest BCUT2D eigenvalue weighted by atomic mass is 35.5. The van der Waals surface area contributed by atoms with Gasteiger partial charge in [0.25, 0.3) is 5.91 Å². The number of alkyl halides is 3. The van der Waals surface area contributed by atoms with Crippen LogP contribution in [-0.4, -0.2) is 34.2 Å². The van der Waals surface area contributed by atoms with Crippen molar-refractivity contribution in [2.24, 2.45) is 0 Å². The third-order valence-corrected chi connectivity index (χ3v) is 6.58. The van der Waals surface area contributed by atoms with Crippen molar-refractivity contribution in [3.05, 3.63) is 69.2 Å². The number of halogens is 4. The van der Waals surface area contributed by atoms with E-state index >= 15 is 0 Å². The Bertz CT molecular complexity index is 1190. The second-order valence-corrected chi connectivity index (χ2v) is 9.10. The molecule has 1 atom stereocenters. The maximum Gasteiger partial charge on any atom is 0.417 e. The summed E-state index contributed by atoms with van der Waals surface area (Å²) in [6.45, 7) is 0.269. The van der Waals surface area contributed by atoms with E-state index in [1.807, 2.05) is 6.07 Å². The number of amides is 1. The van der Waals surface area contributed by atoms with E-state index < -0.39 is 22.8 Å². The second-order valence-electron chi connectivity index (χ2n) is 8.69. The van der Waals surface area contributed by atoms with Crippen molar-refractivity contribution in [1.82, 2.24) is 4.90 Å². The number of carbonyl (C=O) groups excluding carboxylic acids is 4. The predicted octanol–water partition coefficient (Wildman–Crippen LogP) is 4.75. The molecule has 1 fully saturated rings. The van der Waals surface area contributed by atoms with Crippen molar-refractivity contribution >= 4 is 34.9 Å². The Kier molecular flexibility index (Phi) is 6.62. The standard InChI is InChI=1S/C25H21ClF3NO4/c26-21-7-3-15(11-20(21)25(27,28)29)10-17(31)4-1-14-2-6-19-16(9-14)13-30(24(19)34)22-8-5-18(32)12-23(22)33/h2-3,6-7,9,11,22H,1,4-5,8,10,12-13H2. The third-order valence-electron chi connectivity index (χ3n) is 6.25. The molecule has 5 nitrogen and oxygen atoms in total. The topological polar surface area (TPSA) is 71.5 Å². The lowest BCUT2D eigenvalue weighted by Crippen LogP contribution is -2.44. The van der Waals surface area contributed by atoms with Gasteiger partial charge >= 0.3 is 6.18 Å². The molecule has 1 heterocycles. The van der Waals surface area contributed by atoms with Gasteiger partial charge in [0, 0.05) is 31.4 Å². The molecule has 0 N–H and O–H groups in total. The molecule has 0 radical (unpaired) electrons. The molecule has 0 spiro atoms. The van der Waals surface area contributed by atoms with E-state index in [0.29, 0.717) is 18.4 Å². The normalized spacial score (nSPS) is 18.4. The number of fused-ring (bicyclic) bond motifs is 1. The molecule has 2 aromatic rings. The summed E-state index contributed by atoms with van der Waals surface area (Å²) in [5.41, 5.74) is 1.35. The van der Waals surface area contributed by atoms with E-state index in [4.69, 9.17) is 11.6 Å². The average Bonchev–Trinajstić information content (AvgIpc) is 3.08. The van der Waals surface area contributed by atoms with Gasteiger partial charge in [-0.05, 0) is 47.7 Å². The maximum atomic E-state index is 13.0. The van der Waals surface area contributed by atoms with Gasteiger partial charge in [-0.1, -0.05) is 29.8 Å². The molecule has 4 rings (SSSR count). The molecule has 1 saturated carbocycles. The summed E-state index contributed by atoms with van der Waals surface area (Å²) in [5, 5.41) is -0.410. The smallest absolute Gasteiger partial charge is 0.324 e. The van der Waals surface area contributed by atoms with Crippen LogP contribution in [0.5, 0.6) is 0 Å². The van der Waals surface area contributed by atoms with E-state index in [1.165, 1.54) is 11.0 Å². The number of hydrogen-bond acceptors (Lipinski definition) is 4. The Hall–Kier alpha value is -3.00. The van der Waals surface area contributed by atoms with Crippen molar-refractivity contribution < 1.29 is 32.3 Å². The Morgan fingerprint density at radius 2 is 1.79 bits per heavy atom. The van der Waals surface area contributed by atoms with E-state index in [2.05, 4.69) is 0 Å². The average molecular weight is 492 g/mol. The van der Waals surface area contributed by atoms with E-state index in [9.17, 15) is 32.3 Å². The first-order valence-electron chi connectivity index (χ1n) is 10.9. The summed E-state index contributed by atoms with van der Waals surface area (Å²) in [5.74, 6) is -0.802. The number of carbonyl (C=O) groups is 4. The third kappa shape index (κ3) is 5.06. The summed E-state index contributed by atoms with van der Waals surface area (Å²) in [6, 6.07) is 8.09. The zero-order valence-electron chi connectivity index (χ0n) is 18.1. The van der Waals surface area contributed by atoms with E-state index in [0.717, 1.165) is 23.3 Å². The molecule has 1 unspecified atom stereocenters. The number of rotatable bonds is 6. The Labute approximate surface area is 198 Å². The molecule has 0 bridgehead atoms. The molecule has 178 valence electrons. The molecule has 34 heavy (non-hydrogen) atoms. The Morgan fingerprint density at radius 3 is 2.50 bits per heavy atom. The van der Waals surface area contributed by atoms with Crippen LogP contribution in [0.1, 0.15) is 58.3 Å². The fraction of sp³-hybridized carbons (Fsp3) is 0.360. The highest BCUT2D eigenvalue weighted by Gasteiger charge is 2.39. The molecule has 1 aliphatic heterocycles. The molecule has 9 heteroatoms. The van der Waals surface area contributed by atoms with Crippen LogP contribution in [0.4, 0.5) is 13.2 Å². The Morgan fingerprint density at radius 1 is 1.06 bits per heavy atom. The monoisotopic (exact) mass is 491 g/mol. The number of Topliss-reactive ketones (excluding diaryl/α,β-unsaturated/α-hetero) is 3. The number of benzene rings is 2. The second kappa shape index (κ2) is 9.33. The molecule has 2 aliphatic rings. The molecule has 0 saturated heterocycles. The highest BCUT2D eigenvalue weighted by Crippen LogP contribution is 2.35. The summed E-state index contributed by atoms with van der Waals surface area (Å²) >= 11 is 5.62. The van der Waals surface area contributed by atoms with Gasteiger partial charge in [-0.3, -0.25) is 19.2 Å². The van der Waals surface area contributed by atoms with Gasteiger partial charge in [-0.25, -0.2) is 0 Å². The fourth-order valence-corrected chi connectivity index (χ4v) is 4.72. The first kappa shape index (κ1) is 24.1. The summed E-state index contributed by atoms with van der Waals surface area (Å²) in [7, 11) is 0. The number of hydrogen-bond donors (Lipinski definition) is 0. The van der Waals surface area contributed by atoms with Crippen LogP contribution in [0.25, 0.3) is 0 Å². The van der Waals surface area contributed by atoms with Crippen LogP contribution in [0, 0.1) is 0 Å². The number of aryl methyl sites for hydroxylation is 1. The van der Waals surface area contributed by atoms with Gasteiger partial charge in [0.2, 0.25) is 0 Å². The maximum absolute atomic E-state index is 13.0. The van der Waals surface area contributed by atoms with Gasteiger partial charge in [0.05, 0.1) is 23.0 Å². The zero-order chi connectivity index (χ0) is 24.6. The molecule has 2 aromatic carbocycles. The summed E-state index contributed by atoms with van der Waals surface area (Å²) < 4.78 is 39.1. The largest absolute Gasteiger partial charge is 0.417 e. The van der Waals surface area contributed by atoms with Gasteiger partial charge < -0.3 is 4.90 Å². The van der Waals surface area contributed by atoms with Gasteiger partial charge in [-0.2, -0.15) is 13.2 Å². The van der Waals surface area contributed by atoms with Crippen molar-refractivity contribution in [3.63, 3.8) is 0 Å².